The molecule has 0 bridgehead atoms. The van der Waals surface area contributed by atoms with Crippen molar-refractivity contribution in [3.63, 3.8) is 0 Å². The van der Waals surface area contributed by atoms with Crippen molar-refractivity contribution >= 4 is 15.9 Å². The maximum atomic E-state index is 13.5. The topological polar surface area (TPSA) is 35.2 Å². The predicted octanol–water partition coefficient (Wildman–Crippen LogP) is 3.98. The lowest BCUT2D eigenvalue weighted by molar-refractivity contribution is 0.432. The first kappa shape index (κ1) is 13.0. The first-order chi connectivity index (χ1) is 8.61. The highest BCUT2D eigenvalue weighted by Crippen LogP contribution is 2.30. The Morgan fingerprint density at radius 3 is 2.56 bits per heavy atom. The molecule has 2 aromatic rings. The molecule has 0 saturated carbocycles. The van der Waals surface area contributed by atoms with E-state index in [1.165, 1.54) is 24.3 Å². The van der Waals surface area contributed by atoms with Gasteiger partial charge in [-0.25, -0.2) is 8.78 Å². The summed E-state index contributed by atoms with van der Waals surface area (Å²) in [6.45, 7) is -0.0162. The Morgan fingerprint density at radius 2 is 1.83 bits per heavy atom. The fraction of sp³-hybridized carbons (Fsp3) is 0.0769. The van der Waals surface area contributed by atoms with E-state index in [-0.39, 0.29) is 23.6 Å². The van der Waals surface area contributed by atoms with Crippen LogP contribution in [-0.2, 0) is 6.54 Å². The maximum absolute atomic E-state index is 13.5. The molecule has 0 unspecified atom stereocenters. The summed E-state index contributed by atoms with van der Waals surface area (Å²) in [7, 11) is 0. The van der Waals surface area contributed by atoms with Crippen LogP contribution in [0, 0.1) is 11.6 Å². The summed E-state index contributed by atoms with van der Waals surface area (Å²) < 4.78 is 33.0. The second kappa shape index (κ2) is 5.46. The van der Waals surface area contributed by atoms with Crippen molar-refractivity contribution in [2.75, 3.05) is 0 Å². The molecule has 18 heavy (non-hydrogen) atoms. The van der Waals surface area contributed by atoms with E-state index in [2.05, 4.69) is 15.9 Å². The third-order valence-electron chi connectivity index (χ3n) is 2.39. The molecule has 5 heteroatoms. The molecular weight excluding hydrogens is 304 g/mol. The van der Waals surface area contributed by atoms with Crippen molar-refractivity contribution in [2.45, 2.75) is 6.54 Å². The summed E-state index contributed by atoms with van der Waals surface area (Å²) in [6, 6.07) is 8.61. The summed E-state index contributed by atoms with van der Waals surface area (Å²) in [4.78, 5) is 0. The average molecular weight is 314 g/mol. The van der Waals surface area contributed by atoms with Crippen LogP contribution in [0.5, 0.6) is 11.5 Å². The molecular formula is C13H10BrF2NO. The standard InChI is InChI=1S/C13H10BrF2NO/c14-8-4-5-11(16)13(6-8)18-12-3-1-2-10(15)9(12)7-17/h1-6H,7,17H2. The Morgan fingerprint density at radius 1 is 1.06 bits per heavy atom. The largest absolute Gasteiger partial charge is 0.454 e. The van der Waals surface area contributed by atoms with Crippen molar-refractivity contribution in [1.29, 1.82) is 0 Å². The lowest BCUT2D eigenvalue weighted by atomic mass is 10.2. The van der Waals surface area contributed by atoms with E-state index in [1.807, 2.05) is 0 Å². The van der Waals surface area contributed by atoms with Gasteiger partial charge in [-0.15, -0.1) is 0 Å². The zero-order chi connectivity index (χ0) is 13.1. The van der Waals surface area contributed by atoms with Gasteiger partial charge in [0.05, 0.1) is 0 Å². The zero-order valence-corrected chi connectivity index (χ0v) is 10.9. The molecule has 0 aliphatic rings. The van der Waals surface area contributed by atoms with Crippen LogP contribution in [0.15, 0.2) is 40.9 Å². The molecule has 2 N–H and O–H groups in total. The van der Waals surface area contributed by atoms with Gasteiger partial charge in [-0.1, -0.05) is 22.0 Å². The van der Waals surface area contributed by atoms with Gasteiger partial charge in [-0.2, -0.15) is 0 Å². The molecule has 94 valence electrons. The predicted molar refractivity (Wildman–Crippen MR) is 68.5 cm³/mol. The van der Waals surface area contributed by atoms with Crippen molar-refractivity contribution < 1.29 is 13.5 Å². The summed E-state index contributed by atoms with van der Waals surface area (Å²) >= 11 is 3.21. The lowest BCUT2D eigenvalue weighted by Crippen LogP contribution is -2.03. The summed E-state index contributed by atoms with van der Waals surface area (Å²) in [5, 5.41) is 0. The number of benzene rings is 2. The van der Waals surface area contributed by atoms with E-state index in [0.717, 1.165) is 0 Å². The van der Waals surface area contributed by atoms with Gasteiger partial charge in [-0.3, -0.25) is 0 Å². The van der Waals surface area contributed by atoms with Gasteiger partial charge in [0, 0.05) is 16.6 Å². The highest BCUT2D eigenvalue weighted by atomic mass is 79.9. The van der Waals surface area contributed by atoms with Crippen LogP contribution in [-0.4, -0.2) is 0 Å². The fourth-order valence-corrected chi connectivity index (χ4v) is 1.85. The molecule has 0 heterocycles. The quantitative estimate of drug-likeness (QED) is 0.930. The van der Waals surface area contributed by atoms with Crippen LogP contribution < -0.4 is 10.5 Å². The Labute approximate surface area is 112 Å². The van der Waals surface area contributed by atoms with Crippen LogP contribution in [0.25, 0.3) is 0 Å². The first-order valence-electron chi connectivity index (χ1n) is 5.22. The number of hydrogen-bond donors (Lipinski definition) is 1. The second-order valence-electron chi connectivity index (χ2n) is 3.60. The van der Waals surface area contributed by atoms with E-state index in [1.54, 1.807) is 12.1 Å². The summed E-state index contributed by atoms with van der Waals surface area (Å²) in [6.07, 6.45) is 0. The fourth-order valence-electron chi connectivity index (χ4n) is 1.51. The van der Waals surface area contributed by atoms with E-state index in [9.17, 15) is 8.78 Å². The molecule has 0 fully saturated rings. The van der Waals surface area contributed by atoms with E-state index in [4.69, 9.17) is 10.5 Å². The molecule has 2 rings (SSSR count). The minimum absolute atomic E-state index is 0.0162. The molecule has 0 radical (unpaired) electrons. The Hall–Kier alpha value is -1.46. The maximum Gasteiger partial charge on any atom is 0.165 e. The molecule has 2 aromatic carbocycles. The van der Waals surface area contributed by atoms with Crippen LogP contribution in [0.4, 0.5) is 8.78 Å². The molecule has 0 amide bonds. The number of halogens is 3. The van der Waals surface area contributed by atoms with Gasteiger partial charge < -0.3 is 10.5 Å². The summed E-state index contributed by atoms with van der Waals surface area (Å²) in [5.74, 6) is -0.755. The smallest absolute Gasteiger partial charge is 0.165 e. The Kier molecular flexibility index (Phi) is 3.93. The summed E-state index contributed by atoms with van der Waals surface area (Å²) in [5.41, 5.74) is 5.67. The average Bonchev–Trinajstić information content (AvgIpc) is 2.34. The van der Waals surface area contributed by atoms with Gasteiger partial charge in [-0.05, 0) is 30.3 Å². The molecule has 0 aromatic heterocycles. The van der Waals surface area contributed by atoms with Crippen LogP contribution in [0.3, 0.4) is 0 Å². The normalized spacial score (nSPS) is 10.4. The highest BCUT2D eigenvalue weighted by molar-refractivity contribution is 9.10. The number of nitrogens with two attached hydrogens (primary N) is 1. The van der Waals surface area contributed by atoms with Gasteiger partial charge in [0.1, 0.15) is 11.6 Å². The van der Waals surface area contributed by atoms with Crippen LogP contribution in [0.2, 0.25) is 0 Å². The minimum Gasteiger partial charge on any atom is -0.454 e. The molecule has 0 spiro atoms. The van der Waals surface area contributed by atoms with E-state index < -0.39 is 11.6 Å². The minimum atomic E-state index is -0.523. The highest BCUT2D eigenvalue weighted by Gasteiger charge is 2.11. The zero-order valence-electron chi connectivity index (χ0n) is 9.29. The Bertz CT molecular complexity index is 575. The SMILES string of the molecule is NCc1c(F)cccc1Oc1cc(Br)ccc1F. The van der Waals surface area contributed by atoms with Crippen molar-refractivity contribution in [1.82, 2.24) is 0 Å². The third-order valence-corrected chi connectivity index (χ3v) is 2.89. The monoisotopic (exact) mass is 313 g/mol. The Balaban J connectivity index is 2.40. The van der Waals surface area contributed by atoms with Crippen molar-refractivity contribution in [3.8, 4) is 11.5 Å². The van der Waals surface area contributed by atoms with Gasteiger partial charge >= 0.3 is 0 Å². The van der Waals surface area contributed by atoms with Crippen LogP contribution >= 0.6 is 15.9 Å². The molecule has 2 nitrogen and oxygen atoms in total. The molecule has 0 atom stereocenters. The number of rotatable bonds is 3. The second-order valence-corrected chi connectivity index (χ2v) is 4.51. The molecule has 0 aliphatic carbocycles. The first-order valence-corrected chi connectivity index (χ1v) is 6.01. The van der Waals surface area contributed by atoms with E-state index in [0.29, 0.717) is 4.47 Å². The third kappa shape index (κ3) is 2.68. The number of hydrogen-bond acceptors (Lipinski definition) is 2. The van der Waals surface area contributed by atoms with Gasteiger partial charge in [0.15, 0.2) is 11.6 Å². The van der Waals surface area contributed by atoms with Crippen molar-refractivity contribution in [3.05, 3.63) is 58.1 Å². The molecule has 0 aliphatic heterocycles. The van der Waals surface area contributed by atoms with Gasteiger partial charge in [0.2, 0.25) is 0 Å². The lowest BCUT2D eigenvalue weighted by Gasteiger charge is -2.11. The van der Waals surface area contributed by atoms with Crippen LogP contribution in [0.1, 0.15) is 5.56 Å². The van der Waals surface area contributed by atoms with Gasteiger partial charge in [0.25, 0.3) is 0 Å². The molecule has 0 saturated heterocycles. The number of ether oxygens (including phenoxy) is 1. The van der Waals surface area contributed by atoms with E-state index >= 15 is 0 Å². The van der Waals surface area contributed by atoms with Crippen molar-refractivity contribution in [2.24, 2.45) is 5.73 Å².